The van der Waals surface area contributed by atoms with Crippen LogP contribution in [0.4, 0.5) is 16.2 Å². The van der Waals surface area contributed by atoms with Crippen molar-refractivity contribution in [3.8, 4) is 0 Å². The van der Waals surface area contributed by atoms with Crippen LogP contribution < -0.4 is 16.0 Å². The number of anilines is 2. The number of carboxylic acids is 1. The Morgan fingerprint density at radius 2 is 1.60 bits per heavy atom. The normalized spacial score (nSPS) is 13.6. The van der Waals surface area contributed by atoms with Gasteiger partial charge in [-0.2, -0.15) is 0 Å². The third-order valence-corrected chi connectivity index (χ3v) is 3.18. The number of para-hydroxylation sites is 1. The van der Waals surface area contributed by atoms with Crippen molar-refractivity contribution in [1.82, 2.24) is 5.32 Å². The maximum Gasteiger partial charge on any atom is 0.335 e. The molecular formula is C17H15N3O5. The Balaban J connectivity index is 0.000000196. The molecule has 2 aromatic carbocycles. The summed E-state index contributed by atoms with van der Waals surface area (Å²) in [4.78, 5) is 45.0. The van der Waals surface area contributed by atoms with Gasteiger partial charge >= 0.3 is 12.0 Å². The molecule has 0 radical (unpaired) electrons. The van der Waals surface area contributed by atoms with Crippen molar-refractivity contribution in [2.45, 2.75) is 6.42 Å². The van der Waals surface area contributed by atoms with Gasteiger partial charge in [0.2, 0.25) is 11.8 Å². The van der Waals surface area contributed by atoms with Crippen LogP contribution in [0, 0.1) is 0 Å². The zero-order chi connectivity index (χ0) is 18.4. The molecule has 3 rings (SSSR count). The molecule has 0 saturated carbocycles. The number of carboxylic acid groups (broad SMARTS) is 1. The predicted molar refractivity (Wildman–Crippen MR) is 89.9 cm³/mol. The number of carbonyl (C=O) groups is 4. The molecule has 1 fully saturated rings. The van der Waals surface area contributed by atoms with Gasteiger partial charge in [-0.05, 0) is 36.4 Å². The van der Waals surface area contributed by atoms with Crippen LogP contribution in [0.2, 0.25) is 0 Å². The lowest BCUT2D eigenvalue weighted by Gasteiger charge is -2.24. The second-order valence-electron chi connectivity index (χ2n) is 5.02. The average Bonchev–Trinajstić information content (AvgIpc) is 2.56. The number of urea groups is 1. The molecular weight excluding hydrogens is 326 g/mol. The Hall–Kier alpha value is -3.68. The number of nitrogen functional groups attached to an aromatic ring is 1. The highest BCUT2D eigenvalue weighted by atomic mass is 16.4. The third kappa shape index (κ3) is 4.64. The summed E-state index contributed by atoms with van der Waals surface area (Å²) < 4.78 is 0. The number of aromatic carboxylic acids is 1. The number of carbonyl (C=O) groups excluding carboxylic acids is 3. The van der Waals surface area contributed by atoms with E-state index in [9.17, 15) is 19.2 Å². The van der Waals surface area contributed by atoms with Crippen LogP contribution in [0.1, 0.15) is 16.8 Å². The quantitative estimate of drug-likeness (QED) is 0.562. The molecule has 0 aliphatic carbocycles. The van der Waals surface area contributed by atoms with Gasteiger partial charge in [0.15, 0.2) is 0 Å². The van der Waals surface area contributed by atoms with Crippen LogP contribution in [-0.4, -0.2) is 28.9 Å². The SMILES string of the molecule is Nc1ccc(C(=O)O)cc1.O=C1CC(=O)N(c2ccccc2)C(=O)N1. The molecule has 1 aliphatic heterocycles. The van der Waals surface area contributed by atoms with Gasteiger partial charge in [0, 0.05) is 5.69 Å². The summed E-state index contributed by atoms with van der Waals surface area (Å²) in [6.45, 7) is 0. The largest absolute Gasteiger partial charge is 0.478 e. The van der Waals surface area contributed by atoms with Crippen LogP contribution in [0.5, 0.6) is 0 Å². The summed E-state index contributed by atoms with van der Waals surface area (Å²) in [5, 5.41) is 10.5. The second kappa shape index (κ2) is 7.73. The summed E-state index contributed by atoms with van der Waals surface area (Å²) in [6.07, 6.45) is -0.291. The molecule has 4 amide bonds. The maximum atomic E-state index is 11.5. The van der Waals surface area contributed by atoms with Crippen LogP contribution >= 0.6 is 0 Å². The number of nitrogens with one attached hydrogen (secondary N) is 1. The molecule has 8 nitrogen and oxygen atoms in total. The number of barbiturate groups is 1. The van der Waals surface area contributed by atoms with E-state index < -0.39 is 23.8 Å². The number of nitrogens with two attached hydrogens (primary N) is 1. The van der Waals surface area contributed by atoms with Crippen LogP contribution in [0.3, 0.4) is 0 Å². The van der Waals surface area contributed by atoms with E-state index in [4.69, 9.17) is 10.8 Å². The minimum Gasteiger partial charge on any atom is -0.478 e. The maximum absolute atomic E-state index is 11.5. The standard InChI is InChI=1S/C10H8N2O3.C7H7NO2/c13-8-6-9(14)12(10(15)11-8)7-4-2-1-3-5-7;8-6-3-1-5(2-4-6)7(9)10/h1-5H,6H2,(H,11,13,15);1-4H,8H2,(H,9,10). The number of amides is 4. The Morgan fingerprint density at radius 1 is 1.00 bits per heavy atom. The first-order chi connectivity index (χ1) is 11.9. The topological polar surface area (TPSA) is 130 Å². The summed E-state index contributed by atoms with van der Waals surface area (Å²) >= 11 is 0. The van der Waals surface area contributed by atoms with Gasteiger partial charge in [-0.25, -0.2) is 14.5 Å². The van der Waals surface area contributed by atoms with E-state index in [1.165, 1.54) is 12.1 Å². The average molecular weight is 341 g/mol. The monoisotopic (exact) mass is 341 g/mol. The predicted octanol–water partition coefficient (Wildman–Crippen LogP) is 1.63. The summed E-state index contributed by atoms with van der Waals surface area (Å²) in [5.41, 5.74) is 6.63. The van der Waals surface area contributed by atoms with E-state index in [1.54, 1.807) is 42.5 Å². The molecule has 1 heterocycles. The number of rotatable bonds is 2. The van der Waals surface area contributed by atoms with Crippen LogP contribution in [-0.2, 0) is 9.59 Å². The van der Waals surface area contributed by atoms with Gasteiger partial charge in [-0.15, -0.1) is 0 Å². The molecule has 8 heteroatoms. The fourth-order valence-corrected chi connectivity index (χ4v) is 2.01. The van der Waals surface area contributed by atoms with Crippen molar-refractivity contribution in [3.05, 3.63) is 60.2 Å². The summed E-state index contributed by atoms with van der Waals surface area (Å²) in [7, 11) is 0. The first-order valence-electron chi connectivity index (χ1n) is 7.19. The molecule has 0 aromatic heterocycles. The number of nitrogens with zero attached hydrogens (tertiary/aromatic N) is 1. The van der Waals surface area contributed by atoms with Crippen molar-refractivity contribution < 1.29 is 24.3 Å². The Bertz CT molecular complexity index is 783. The molecule has 128 valence electrons. The lowest BCUT2D eigenvalue weighted by Crippen LogP contribution is -2.52. The minimum atomic E-state index is -0.931. The fourth-order valence-electron chi connectivity index (χ4n) is 2.01. The smallest absolute Gasteiger partial charge is 0.335 e. The van der Waals surface area contributed by atoms with Gasteiger partial charge in [0.05, 0.1) is 11.3 Å². The van der Waals surface area contributed by atoms with Crippen molar-refractivity contribution in [2.24, 2.45) is 0 Å². The van der Waals surface area contributed by atoms with E-state index >= 15 is 0 Å². The third-order valence-electron chi connectivity index (χ3n) is 3.18. The lowest BCUT2D eigenvalue weighted by molar-refractivity contribution is -0.128. The van der Waals surface area contributed by atoms with Crippen molar-refractivity contribution >= 4 is 35.2 Å². The molecule has 1 saturated heterocycles. The highest BCUT2D eigenvalue weighted by Crippen LogP contribution is 2.16. The Labute approximate surface area is 142 Å². The first-order valence-corrected chi connectivity index (χ1v) is 7.19. The molecule has 0 spiro atoms. The first kappa shape index (κ1) is 17.7. The fraction of sp³-hybridized carbons (Fsp3) is 0.0588. The van der Waals surface area contributed by atoms with Gasteiger partial charge < -0.3 is 10.8 Å². The Kier molecular flexibility index (Phi) is 5.47. The van der Waals surface area contributed by atoms with Gasteiger partial charge in [0.1, 0.15) is 6.42 Å². The van der Waals surface area contributed by atoms with E-state index in [1.807, 2.05) is 0 Å². The highest BCUT2D eigenvalue weighted by molar-refractivity contribution is 6.26. The number of hydrogen-bond acceptors (Lipinski definition) is 5. The lowest BCUT2D eigenvalue weighted by atomic mass is 10.2. The molecule has 0 atom stereocenters. The molecule has 25 heavy (non-hydrogen) atoms. The number of imide groups is 2. The molecule has 0 unspecified atom stereocenters. The van der Waals surface area contributed by atoms with Gasteiger partial charge in [-0.1, -0.05) is 18.2 Å². The second-order valence-corrected chi connectivity index (χ2v) is 5.02. The van der Waals surface area contributed by atoms with Gasteiger partial charge in [-0.3, -0.25) is 14.9 Å². The summed E-state index contributed by atoms with van der Waals surface area (Å²) in [6, 6.07) is 13.8. The van der Waals surface area contributed by atoms with Crippen LogP contribution in [0.25, 0.3) is 0 Å². The van der Waals surface area contributed by atoms with Crippen molar-refractivity contribution in [2.75, 3.05) is 10.6 Å². The molecule has 2 aromatic rings. The summed E-state index contributed by atoms with van der Waals surface area (Å²) in [5.74, 6) is -1.99. The van der Waals surface area contributed by atoms with Crippen LogP contribution in [0.15, 0.2) is 54.6 Å². The van der Waals surface area contributed by atoms with Crippen molar-refractivity contribution in [1.29, 1.82) is 0 Å². The molecule has 4 N–H and O–H groups in total. The van der Waals surface area contributed by atoms with E-state index in [2.05, 4.69) is 5.32 Å². The van der Waals surface area contributed by atoms with E-state index in [0.29, 0.717) is 11.4 Å². The van der Waals surface area contributed by atoms with Crippen molar-refractivity contribution in [3.63, 3.8) is 0 Å². The molecule has 1 aliphatic rings. The number of benzene rings is 2. The zero-order valence-electron chi connectivity index (χ0n) is 13.0. The van der Waals surface area contributed by atoms with E-state index in [-0.39, 0.29) is 12.0 Å². The molecule has 0 bridgehead atoms. The van der Waals surface area contributed by atoms with Gasteiger partial charge in [0.25, 0.3) is 0 Å². The highest BCUT2D eigenvalue weighted by Gasteiger charge is 2.31. The Morgan fingerprint density at radius 3 is 2.12 bits per heavy atom. The van der Waals surface area contributed by atoms with E-state index in [0.717, 1.165) is 4.90 Å². The number of hydrogen-bond donors (Lipinski definition) is 3. The minimum absolute atomic E-state index is 0.259. The zero-order valence-corrected chi connectivity index (χ0v) is 13.0.